The molecule has 4 aromatic rings. The lowest BCUT2D eigenvalue weighted by molar-refractivity contribution is -0.115. The molecule has 1 N–H and O–H groups in total. The van der Waals surface area contributed by atoms with Crippen LogP contribution in [0.3, 0.4) is 0 Å². The first-order chi connectivity index (χ1) is 12.2. The summed E-state index contributed by atoms with van der Waals surface area (Å²) in [7, 11) is 0. The average molecular weight is 352 g/mol. The van der Waals surface area contributed by atoms with Crippen molar-refractivity contribution >= 4 is 28.7 Å². The molecule has 0 fully saturated rings. The van der Waals surface area contributed by atoms with E-state index in [9.17, 15) is 9.18 Å². The van der Waals surface area contributed by atoms with E-state index in [0.717, 1.165) is 5.56 Å². The number of nitrogens with one attached hydrogen (secondary N) is 1. The number of nitrogens with zero attached hydrogens (tertiary/aromatic N) is 3. The number of benzene rings is 1. The van der Waals surface area contributed by atoms with Gasteiger partial charge in [0.15, 0.2) is 5.65 Å². The lowest BCUT2D eigenvalue weighted by atomic mass is 10.1. The van der Waals surface area contributed by atoms with Crippen LogP contribution in [0.5, 0.6) is 0 Å². The Morgan fingerprint density at radius 3 is 2.88 bits per heavy atom. The van der Waals surface area contributed by atoms with Gasteiger partial charge in [0, 0.05) is 11.8 Å². The maximum atomic E-state index is 14.0. The molecule has 25 heavy (non-hydrogen) atoms. The number of aromatic nitrogens is 3. The Balaban J connectivity index is 1.65. The summed E-state index contributed by atoms with van der Waals surface area (Å²) in [6.07, 6.45) is 5.08. The molecule has 0 aliphatic rings. The number of imidazole rings is 1. The molecular weight excluding hydrogens is 339 g/mol. The lowest BCUT2D eigenvalue weighted by Gasteiger charge is -2.07. The topological polar surface area (TPSA) is 59.3 Å². The summed E-state index contributed by atoms with van der Waals surface area (Å²) in [5.74, 6) is 0.0391. The molecule has 5 nitrogen and oxygen atoms in total. The van der Waals surface area contributed by atoms with Crippen LogP contribution in [0.2, 0.25) is 0 Å². The van der Waals surface area contributed by atoms with Crippen LogP contribution in [0.4, 0.5) is 10.2 Å². The van der Waals surface area contributed by atoms with Gasteiger partial charge in [0.05, 0.1) is 24.5 Å². The average Bonchev–Trinajstić information content (AvgIpc) is 3.25. The minimum absolute atomic E-state index is 0.135. The van der Waals surface area contributed by atoms with Gasteiger partial charge in [0.25, 0.3) is 0 Å². The molecule has 0 unspecified atom stereocenters. The third-order valence-corrected chi connectivity index (χ3v) is 4.49. The number of thiophene rings is 1. The summed E-state index contributed by atoms with van der Waals surface area (Å²) in [6.45, 7) is 0. The Labute approximate surface area is 146 Å². The molecule has 3 heterocycles. The fraction of sp³-hybridized carbons (Fsp3) is 0.0556. The van der Waals surface area contributed by atoms with E-state index in [4.69, 9.17) is 0 Å². The van der Waals surface area contributed by atoms with Crippen LogP contribution < -0.4 is 5.32 Å². The molecule has 0 radical (unpaired) electrons. The van der Waals surface area contributed by atoms with Gasteiger partial charge in [0.1, 0.15) is 11.6 Å². The van der Waals surface area contributed by atoms with E-state index in [1.54, 1.807) is 52.5 Å². The summed E-state index contributed by atoms with van der Waals surface area (Å²) in [5.41, 5.74) is 2.40. The van der Waals surface area contributed by atoms with E-state index in [-0.39, 0.29) is 11.7 Å². The van der Waals surface area contributed by atoms with Gasteiger partial charge < -0.3 is 5.32 Å². The SMILES string of the molecule is O=C(Cc1ccsc1)Nc1cnc2cnc(-c3ccccc3F)cn12. The number of fused-ring (bicyclic) bond motifs is 1. The number of amides is 1. The van der Waals surface area contributed by atoms with Gasteiger partial charge >= 0.3 is 0 Å². The first-order valence-electron chi connectivity index (χ1n) is 7.59. The second-order valence-electron chi connectivity index (χ2n) is 5.48. The first kappa shape index (κ1) is 15.5. The van der Waals surface area contributed by atoms with Crippen molar-refractivity contribution in [1.82, 2.24) is 14.4 Å². The lowest BCUT2D eigenvalue weighted by Crippen LogP contribution is -2.15. The molecule has 0 saturated heterocycles. The monoisotopic (exact) mass is 352 g/mol. The van der Waals surface area contributed by atoms with Gasteiger partial charge in [-0.3, -0.25) is 14.2 Å². The zero-order valence-corrected chi connectivity index (χ0v) is 13.8. The van der Waals surface area contributed by atoms with Gasteiger partial charge in [-0.2, -0.15) is 11.3 Å². The number of halogens is 1. The smallest absolute Gasteiger partial charge is 0.229 e. The fourth-order valence-electron chi connectivity index (χ4n) is 2.56. The molecule has 1 amide bonds. The highest BCUT2D eigenvalue weighted by atomic mass is 32.1. The third kappa shape index (κ3) is 3.14. The van der Waals surface area contributed by atoms with E-state index < -0.39 is 0 Å². The number of hydrogen-bond donors (Lipinski definition) is 1. The van der Waals surface area contributed by atoms with Crippen LogP contribution in [-0.4, -0.2) is 20.3 Å². The summed E-state index contributed by atoms with van der Waals surface area (Å²) < 4.78 is 15.7. The summed E-state index contributed by atoms with van der Waals surface area (Å²) in [6, 6.07) is 8.35. The Morgan fingerprint density at radius 1 is 1.20 bits per heavy atom. The Kier molecular flexibility index (Phi) is 3.99. The maximum Gasteiger partial charge on any atom is 0.229 e. The van der Waals surface area contributed by atoms with Gasteiger partial charge in [0.2, 0.25) is 5.91 Å². The van der Waals surface area contributed by atoms with Crippen LogP contribution in [0.25, 0.3) is 16.9 Å². The van der Waals surface area contributed by atoms with Gasteiger partial charge in [-0.25, -0.2) is 9.37 Å². The van der Waals surface area contributed by atoms with Gasteiger partial charge in [-0.05, 0) is 34.5 Å². The predicted octanol–water partition coefficient (Wildman–Crippen LogP) is 3.78. The van der Waals surface area contributed by atoms with Crippen molar-refractivity contribution in [2.45, 2.75) is 6.42 Å². The second kappa shape index (κ2) is 6.45. The number of carbonyl (C=O) groups is 1. The maximum absolute atomic E-state index is 14.0. The zero-order valence-electron chi connectivity index (χ0n) is 13.0. The molecule has 0 spiro atoms. The van der Waals surface area contributed by atoms with Crippen LogP contribution >= 0.6 is 11.3 Å². The number of carbonyl (C=O) groups excluding carboxylic acids is 1. The molecule has 1 aromatic carbocycles. The van der Waals surface area contributed by atoms with Crippen LogP contribution in [0.15, 0.2) is 59.7 Å². The van der Waals surface area contributed by atoms with E-state index in [1.165, 1.54) is 6.07 Å². The minimum atomic E-state index is -0.350. The van der Waals surface area contributed by atoms with Crippen molar-refractivity contribution in [3.05, 3.63) is 71.1 Å². The second-order valence-corrected chi connectivity index (χ2v) is 6.26. The van der Waals surface area contributed by atoms with E-state index in [2.05, 4.69) is 15.3 Å². The number of rotatable bonds is 4. The van der Waals surface area contributed by atoms with E-state index >= 15 is 0 Å². The quantitative estimate of drug-likeness (QED) is 0.608. The van der Waals surface area contributed by atoms with Gasteiger partial charge in [-0.15, -0.1) is 0 Å². The summed E-state index contributed by atoms with van der Waals surface area (Å²) in [5, 5.41) is 6.71. The largest absolute Gasteiger partial charge is 0.310 e. The molecule has 0 atom stereocenters. The van der Waals surface area contributed by atoms with Crippen molar-refractivity contribution < 1.29 is 9.18 Å². The molecule has 0 saturated carbocycles. The van der Waals surface area contributed by atoms with Crippen LogP contribution in [-0.2, 0) is 11.2 Å². The molecule has 7 heteroatoms. The molecule has 0 bridgehead atoms. The van der Waals surface area contributed by atoms with E-state index in [1.807, 2.05) is 16.8 Å². The number of hydrogen-bond acceptors (Lipinski definition) is 4. The fourth-order valence-corrected chi connectivity index (χ4v) is 3.22. The third-order valence-electron chi connectivity index (χ3n) is 3.76. The Hall–Kier alpha value is -3.06. The van der Waals surface area contributed by atoms with Crippen molar-refractivity contribution in [2.75, 3.05) is 5.32 Å². The summed E-state index contributed by atoms with van der Waals surface area (Å²) in [4.78, 5) is 20.7. The number of anilines is 1. The van der Waals surface area contributed by atoms with Gasteiger partial charge in [-0.1, -0.05) is 12.1 Å². The van der Waals surface area contributed by atoms with Crippen LogP contribution in [0.1, 0.15) is 5.56 Å². The molecule has 124 valence electrons. The minimum Gasteiger partial charge on any atom is -0.310 e. The van der Waals surface area contributed by atoms with Crippen molar-refractivity contribution in [1.29, 1.82) is 0 Å². The van der Waals surface area contributed by atoms with Crippen LogP contribution in [0, 0.1) is 5.82 Å². The molecular formula is C18H13FN4OS. The Morgan fingerprint density at radius 2 is 2.08 bits per heavy atom. The molecule has 0 aliphatic carbocycles. The first-order valence-corrected chi connectivity index (χ1v) is 8.54. The predicted molar refractivity (Wildman–Crippen MR) is 95.0 cm³/mol. The normalized spacial score (nSPS) is 10.9. The van der Waals surface area contributed by atoms with E-state index in [0.29, 0.717) is 29.1 Å². The molecule has 4 rings (SSSR count). The standard InChI is InChI=1S/C18H13FN4OS/c19-14-4-2-1-3-13(14)15-10-23-16(8-20-15)21-9-17(23)22-18(24)7-12-5-6-25-11-12/h1-6,8-11H,7H2,(H,22,24). The highest BCUT2D eigenvalue weighted by molar-refractivity contribution is 7.08. The summed E-state index contributed by atoms with van der Waals surface area (Å²) >= 11 is 1.55. The zero-order chi connectivity index (χ0) is 17.2. The highest BCUT2D eigenvalue weighted by Crippen LogP contribution is 2.22. The molecule has 0 aliphatic heterocycles. The van der Waals surface area contributed by atoms with Crippen molar-refractivity contribution in [3.63, 3.8) is 0 Å². The molecule has 3 aromatic heterocycles. The highest BCUT2D eigenvalue weighted by Gasteiger charge is 2.12. The van der Waals surface area contributed by atoms with Crippen molar-refractivity contribution in [3.8, 4) is 11.3 Å². The van der Waals surface area contributed by atoms with Crippen molar-refractivity contribution in [2.24, 2.45) is 0 Å². The Bertz CT molecular complexity index is 1040.